The predicted octanol–water partition coefficient (Wildman–Crippen LogP) is 2.20. The molecule has 120 valence electrons. The summed E-state index contributed by atoms with van der Waals surface area (Å²) in [5.41, 5.74) is 0. The van der Waals surface area contributed by atoms with Crippen LogP contribution >= 0.6 is 11.6 Å². The summed E-state index contributed by atoms with van der Waals surface area (Å²) in [5.74, 6) is 1.50. The number of nitrogens with zero attached hydrogens (tertiary/aromatic N) is 1. The van der Waals surface area contributed by atoms with Gasteiger partial charge in [0.2, 0.25) is 0 Å². The molecule has 6 heteroatoms. The van der Waals surface area contributed by atoms with Crippen LogP contribution in [0.2, 0.25) is 5.02 Å². The fraction of sp³-hybridized carbons (Fsp3) is 0.562. The molecule has 0 aliphatic carbocycles. The molecule has 2 N–H and O–H groups in total. The molecule has 0 radical (unpaired) electrons. The molecule has 22 heavy (non-hydrogen) atoms. The van der Waals surface area contributed by atoms with Crippen LogP contribution in [0.5, 0.6) is 5.75 Å². The van der Waals surface area contributed by atoms with Gasteiger partial charge < -0.3 is 20.1 Å². The highest BCUT2D eigenvalue weighted by molar-refractivity contribution is 6.32. The lowest BCUT2D eigenvalue weighted by Crippen LogP contribution is -2.48. The number of hydrogen-bond acceptors (Lipinski definition) is 3. The first-order valence-electron chi connectivity index (χ1n) is 7.76. The van der Waals surface area contributed by atoms with Crippen LogP contribution in [0, 0.1) is 0 Å². The molecular formula is C16H22ClN3O2. The van der Waals surface area contributed by atoms with Crippen LogP contribution < -0.4 is 15.4 Å². The second-order valence-electron chi connectivity index (χ2n) is 5.64. The van der Waals surface area contributed by atoms with Crippen molar-refractivity contribution in [2.45, 2.75) is 37.5 Å². The largest absolute Gasteiger partial charge is 0.490 e. The number of guanidine groups is 1. The van der Waals surface area contributed by atoms with Crippen molar-refractivity contribution in [2.75, 3.05) is 20.2 Å². The van der Waals surface area contributed by atoms with Gasteiger partial charge in [0.25, 0.3) is 0 Å². The number of para-hydroxylation sites is 1. The third kappa shape index (κ3) is 3.65. The zero-order valence-electron chi connectivity index (χ0n) is 12.7. The molecule has 0 saturated carbocycles. The zero-order valence-corrected chi connectivity index (χ0v) is 13.5. The standard InChI is InChI=1S/C16H22ClN3O2/c1-18-16(20-13-10-11-6-7-15(13)22-11)19-8-9-21-14-5-3-2-4-12(14)17/h2-5,11,13,15H,6-10H2,1H3,(H2,18,19,20). The Morgan fingerprint density at radius 3 is 2.95 bits per heavy atom. The number of benzene rings is 1. The second kappa shape index (κ2) is 7.20. The molecule has 5 nitrogen and oxygen atoms in total. The van der Waals surface area contributed by atoms with Gasteiger partial charge in [0, 0.05) is 7.05 Å². The van der Waals surface area contributed by atoms with Gasteiger partial charge in [-0.2, -0.15) is 0 Å². The third-order valence-electron chi connectivity index (χ3n) is 4.14. The van der Waals surface area contributed by atoms with E-state index in [0.717, 1.165) is 18.8 Å². The number of fused-ring (bicyclic) bond motifs is 2. The molecule has 2 bridgehead atoms. The number of rotatable bonds is 5. The first-order valence-corrected chi connectivity index (χ1v) is 8.14. The van der Waals surface area contributed by atoms with Crippen molar-refractivity contribution in [2.24, 2.45) is 4.99 Å². The van der Waals surface area contributed by atoms with Crippen molar-refractivity contribution < 1.29 is 9.47 Å². The fourth-order valence-corrected chi connectivity index (χ4v) is 3.24. The van der Waals surface area contributed by atoms with E-state index in [0.29, 0.717) is 42.2 Å². The third-order valence-corrected chi connectivity index (χ3v) is 4.45. The Morgan fingerprint density at radius 1 is 1.41 bits per heavy atom. The number of ether oxygens (including phenoxy) is 2. The minimum absolute atomic E-state index is 0.336. The van der Waals surface area contributed by atoms with E-state index in [1.807, 2.05) is 24.3 Å². The smallest absolute Gasteiger partial charge is 0.191 e. The summed E-state index contributed by atoms with van der Waals surface area (Å²) in [6.07, 6.45) is 4.18. The molecule has 2 aliphatic rings. The summed E-state index contributed by atoms with van der Waals surface area (Å²) in [6, 6.07) is 7.84. The molecular weight excluding hydrogens is 302 g/mol. The molecule has 0 spiro atoms. The summed E-state index contributed by atoms with van der Waals surface area (Å²) >= 11 is 6.05. The van der Waals surface area contributed by atoms with Crippen LogP contribution in [0.1, 0.15) is 19.3 Å². The van der Waals surface area contributed by atoms with Gasteiger partial charge in [0.1, 0.15) is 12.4 Å². The summed E-state index contributed by atoms with van der Waals surface area (Å²) < 4.78 is 11.5. The first kappa shape index (κ1) is 15.4. The maximum Gasteiger partial charge on any atom is 0.191 e. The molecule has 2 saturated heterocycles. The summed E-state index contributed by atoms with van der Waals surface area (Å²) in [5, 5.41) is 7.33. The SMILES string of the molecule is CN=C(NCCOc1ccccc1Cl)NC1CC2CCC1O2. The Morgan fingerprint density at radius 2 is 2.27 bits per heavy atom. The van der Waals surface area contributed by atoms with Crippen LogP contribution in [0.15, 0.2) is 29.3 Å². The van der Waals surface area contributed by atoms with E-state index >= 15 is 0 Å². The van der Waals surface area contributed by atoms with Crippen LogP contribution in [0.25, 0.3) is 0 Å². The highest BCUT2D eigenvalue weighted by Crippen LogP contribution is 2.34. The summed E-state index contributed by atoms with van der Waals surface area (Å²) in [6.45, 7) is 1.18. The van der Waals surface area contributed by atoms with Crippen molar-refractivity contribution >= 4 is 17.6 Å². The lowest BCUT2D eigenvalue weighted by atomic mass is 9.96. The quantitative estimate of drug-likeness (QED) is 0.495. The van der Waals surface area contributed by atoms with E-state index in [2.05, 4.69) is 15.6 Å². The lowest BCUT2D eigenvalue weighted by Gasteiger charge is -2.22. The number of nitrogens with one attached hydrogen (secondary N) is 2. The minimum Gasteiger partial charge on any atom is -0.490 e. The number of aliphatic imine (C=N–C) groups is 1. The van der Waals surface area contributed by atoms with Crippen LogP contribution in [0.3, 0.4) is 0 Å². The van der Waals surface area contributed by atoms with Crippen LogP contribution in [0.4, 0.5) is 0 Å². The van der Waals surface area contributed by atoms with E-state index in [4.69, 9.17) is 21.1 Å². The van der Waals surface area contributed by atoms with E-state index in [-0.39, 0.29) is 0 Å². The van der Waals surface area contributed by atoms with Gasteiger partial charge in [-0.1, -0.05) is 23.7 Å². The molecule has 2 heterocycles. The molecule has 1 aromatic rings. The molecule has 3 atom stereocenters. The maximum atomic E-state index is 6.05. The molecule has 3 unspecified atom stereocenters. The number of hydrogen-bond donors (Lipinski definition) is 2. The van der Waals surface area contributed by atoms with E-state index in [1.54, 1.807) is 7.05 Å². The van der Waals surface area contributed by atoms with Gasteiger partial charge in [-0.25, -0.2) is 0 Å². The highest BCUT2D eigenvalue weighted by atomic mass is 35.5. The summed E-state index contributed by atoms with van der Waals surface area (Å²) in [7, 11) is 1.78. The van der Waals surface area contributed by atoms with E-state index < -0.39 is 0 Å². The Balaban J connectivity index is 1.39. The fourth-order valence-electron chi connectivity index (χ4n) is 3.05. The highest BCUT2D eigenvalue weighted by Gasteiger charge is 2.41. The van der Waals surface area contributed by atoms with E-state index in [9.17, 15) is 0 Å². The van der Waals surface area contributed by atoms with Crippen LogP contribution in [-0.4, -0.2) is 44.4 Å². The molecule has 0 aromatic heterocycles. The summed E-state index contributed by atoms with van der Waals surface area (Å²) in [4.78, 5) is 4.25. The van der Waals surface area contributed by atoms with Crippen LogP contribution in [-0.2, 0) is 4.74 Å². The van der Waals surface area contributed by atoms with Gasteiger partial charge in [-0.15, -0.1) is 0 Å². The van der Waals surface area contributed by atoms with Gasteiger partial charge in [-0.05, 0) is 31.4 Å². The Bertz CT molecular complexity index is 538. The average Bonchev–Trinajstić information content (AvgIpc) is 3.14. The lowest BCUT2D eigenvalue weighted by molar-refractivity contribution is 0.0992. The molecule has 0 amide bonds. The van der Waals surface area contributed by atoms with Gasteiger partial charge >= 0.3 is 0 Å². The van der Waals surface area contributed by atoms with Crippen molar-refractivity contribution in [3.8, 4) is 5.75 Å². The van der Waals surface area contributed by atoms with Gasteiger partial charge in [0.05, 0.1) is 29.8 Å². The molecule has 3 rings (SSSR count). The second-order valence-corrected chi connectivity index (χ2v) is 6.05. The molecule has 2 aliphatic heterocycles. The van der Waals surface area contributed by atoms with Crippen molar-refractivity contribution in [1.82, 2.24) is 10.6 Å². The zero-order chi connectivity index (χ0) is 15.4. The Kier molecular flexibility index (Phi) is 5.05. The minimum atomic E-state index is 0.336. The van der Waals surface area contributed by atoms with Crippen molar-refractivity contribution in [1.29, 1.82) is 0 Å². The Labute approximate surface area is 136 Å². The maximum absolute atomic E-state index is 6.05. The molecule has 1 aromatic carbocycles. The number of halogens is 1. The van der Waals surface area contributed by atoms with E-state index in [1.165, 1.54) is 6.42 Å². The van der Waals surface area contributed by atoms with Crippen molar-refractivity contribution in [3.05, 3.63) is 29.3 Å². The van der Waals surface area contributed by atoms with Gasteiger partial charge in [0.15, 0.2) is 5.96 Å². The van der Waals surface area contributed by atoms with Crippen molar-refractivity contribution in [3.63, 3.8) is 0 Å². The molecule has 2 fully saturated rings. The average molecular weight is 324 g/mol. The topological polar surface area (TPSA) is 54.9 Å². The first-order chi connectivity index (χ1) is 10.8. The predicted molar refractivity (Wildman–Crippen MR) is 87.7 cm³/mol. The Hall–Kier alpha value is -1.46. The normalized spacial score (nSPS) is 27.0. The monoisotopic (exact) mass is 323 g/mol. The van der Waals surface area contributed by atoms with Gasteiger partial charge in [-0.3, -0.25) is 4.99 Å².